The standard InChI is InChI=1S/C19H31N9/c1-3-20-18(24-16-17-6-10-25-26(17)2)21-9-5-11-27-12-14-28(15-13-27)19-22-7-4-8-23-19/h4,6-8,10H,3,5,9,11-16H2,1-2H3,(H2,20,21,24). The molecule has 9 heteroatoms. The molecule has 1 aliphatic heterocycles. The molecule has 2 aromatic heterocycles. The van der Waals surface area contributed by atoms with Gasteiger partial charge in [-0.2, -0.15) is 5.10 Å². The molecule has 1 fully saturated rings. The summed E-state index contributed by atoms with van der Waals surface area (Å²) in [6.07, 6.45) is 6.49. The van der Waals surface area contributed by atoms with E-state index in [0.717, 1.165) is 69.8 Å². The number of hydrogen-bond donors (Lipinski definition) is 2. The summed E-state index contributed by atoms with van der Waals surface area (Å²) in [7, 11) is 1.94. The van der Waals surface area contributed by atoms with Gasteiger partial charge in [-0.15, -0.1) is 0 Å². The van der Waals surface area contributed by atoms with Crippen LogP contribution in [-0.4, -0.2) is 76.4 Å². The number of aliphatic imine (C=N–C) groups is 1. The summed E-state index contributed by atoms with van der Waals surface area (Å²) in [5.41, 5.74) is 1.09. The molecule has 28 heavy (non-hydrogen) atoms. The Labute approximate surface area is 166 Å². The summed E-state index contributed by atoms with van der Waals surface area (Å²) >= 11 is 0. The van der Waals surface area contributed by atoms with Crippen LogP contribution in [0.15, 0.2) is 35.7 Å². The fourth-order valence-corrected chi connectivity index (χ4v) is 3.19. The van der Waals surface area contributed by atoms with Crippen LogP contribution in [0.2, 0.25) is 0 Å². The Balaban J connectivity index is 1.35. The van der Waals surface area contributed by atoms with Crippen molar-refractivity contribution < 1.29 is 0 Å². The number of guanidine groups is 1. The van der Waals surface area contributed by atoms with Crippen LogP contribution in [0.25, 0.3) is 0 Å². The highest BCUT2D eigenvalue weighted by atomic mass is 15.3. The SMILES string of the molecule is CCNC(=NCc1ccnn1C)NCCCN1CCN(c2ncccn2)CC1. The predicted molar refractivity (Wildman–Crippen MR) is 111 cm³/mol. The van der Waals surface area contributed by atoms with E-state index in [4.69, 9.17) is 0 Å². The van der Waals surface area contributed by atoms with Gasteiger partial charge in [0.1, 0.15) is 0 Å². The van der Waals surface area contributed by atoms with Crippen LogP contribution in [0.1, 0.15) is 19.0 Å². The molecule has 152 valence electrons. The van der Waals surface area contributed by atoms with Crippen LogP contribution in [0.4, 0.5) is 5.95 Å². The third-order valence-electron chi connectivity index (χ3n) is 4.82. The maximum Gasteiger partial charge on any atom is 0.225 e. The van der Waals surface area contributed by atoms with Gasteiger partial charge in [0.25, 0.3) is 0 Å². The smallest absolute Gasteiger partial charge is 0.225 e. The highest BCUT2D eigenvalue weighted by molar-refractivity contribution is 5.79. The molecule has 0 atom stereocenters. The molecule has 9 nitrogen and oxygen atoms in total. The van der Waals surface area contributed by atoms with E-state index in [0.29, 0.717) is 6.54 Å². The number of nitrogens with one attached hydrogen (secondary N) is 2. The Morgan fingerprint density at radius 3 is 2.57 bits per heavy atom. The number of piperazine rings is 1. The maximum absolute atomic E-state index is 4.64. The van der Waals surface area contributed by atoms with Gasteiger partial charge in [-0.3, -0.25) is 9.58 Å². The molecular formula is C19H31N9. The van der Waals surface area contributed by atoms with E-state index in [1.54, 1.807) is 18.6 Å². The molecule has 1 saturated heterocycles. The summed E-state index contributed by atoms with van der Waals surface area (Å²) in [5.74, 6) is 1.69. The number of aryl methyl sites for hydroxylation is 1. The van der Waals surface area contributed by atoms with Gasteiger partial charge >= 0.3 is 0 Å². The van der Waals surface area contributed by atoms with E-state index in [9.17, 15) is 0 Å². The lowest BCUT2D eigenvalue weighted by Crippen LogP contribution is -2.47. The van der Waals surface area contributed by atoms with E-state index in [1.807, 2.05) is 23.9 Å². The van der Waals surface area contributed by atoms with Gasteiger partial charge in [-0.25, -0.2) is 15.0 Å². The van der Waals surface area contributed by atoms with Crippen molar-refractivity contribution in [2.75, 3.05) is 50.7 Å². The lowest BCUT2D eigenvalue weighted by molar-refractivity contribution is 0.254. The fourth-order valence-electron chi connectivity index (χ4n) is 3.19. The Bertz CT molecular complexity index is 720. The van der Waals surface area contributed by atoms with E-state index < -0.39 is 0 Å². The second-order valence-electron chi connectivity index (χ2n) is 6.80. The second-order valence-corrected chi connectivity index (χ2v) is 6.80. The molecule has 0 aliphatic carbocycles. The molecule has 0 bridgehead atoms. The normalized spacial score (nSPS) is 15.6. The van der Waals surface area contributed by atoms with Crippen molar-refractivity contribution >= 4 is 11.9 Å². The van der Waals surface area contributed by atoms with Crippen molar-refractivity contribution in [3.05, 3.63) is 36.4 Å². The minimum absolute atomic E-state index is 0.620. The molecule has 2 aromatic rings. The Morgan fingerprint density at radius 1 is 1.11 bits per heavy atom. The number of nitrogens with zero attached hydrogens (tertiary/aromatic N) is 7. The summed E-state index contributed by atoms with van der Waals surface area (Å²) in [6.45, 7) is 9.59. The Hall–Kier alpha value is -2.68. The van der Waals surface area contributed by atoms with Gasteiger partial charge < -0.3 is 15.5 Å². The van der Waals surface area contributed by atoms with Crippen molar-refractivity contribution in [3.8, 4) is 0 Å². The van der Waals surface area contributed by atoms with Gasteiger partial charge in [0, 0.05) is 64.9 Å². The van der Waals surface area contributed by atoms with Crippen molar-refractivity contribution in [2.45, 2.75) is 19.9 Å². The molecule has 1 aliphatic rings. The minimum atomic E-state index is 0.620. The zero-order valence-electron chi connectivity index (χ0n) is 16.9. The van der Waals surface area contributed by atoms with Crippen molar-refractivity contribution in [1.82, 2.24) is 35.3 Å². The third-order valence-corrected chi connectivity index (χ3v) is 4.82. The van der Waals surface area contributed by atoms with Crippen LogP contribution < -0.4 is 15.5 Å². The van der Waals surface area contributed by atoms with Crippen molar-refractivity contribution in [1.29, 1.82) is 0 Å². The van der Waals surface area contributed by atoms with Crippen LogP contribution in [0.3, 0.4) is 0 Å². The van der Waals surface area contributed by atoms with E-state index in [2.05, 4.69) is 47.4 Å². The second kappa shape index (κ2) is 10.6. The highest BCUT2D eigenvalue weighted by Gasteiger charge is 2.18. The number of anilines is 1. The molecule has 2 N–H and O–H groups in total. The quantitative estimate of drug-likeness (QED) is 0.388. The van der Waals surface area contributed by atoms with Gasteiger partial charge in [-0.05, 0) is 32.0 Å². The molecule has 0 saturated carbocycles. The first kappa shape index (κ1) is 20.1. The molecule has 0 amide bonds. The predicted octanol–water partition coefficient (Wildman–Crippen LogP) is 0.478. The van der Waals surface area contributed by atoms with Gasteiger partial charge in [0.2, 0.25) is 5.95 Å². The van der Waals surface area contributed by atoms with Gasteiger partial charge in [-0.1, -0.05) is 0 Å². The topological polar surface area (TPSA) is 86.5 Å². The summed E-state index contributed by atoms with van der Waals surface area (Å²) in [6, 6.07) is 3.85. The van der Waals surface area contributed by atoms with Crippen LogP contribution in [0, 0.1) is 0 Å². The minimum Gasteiger partial charge on any atom is -0.357 e. The number of hydrogen-bond acceptors (Lipinski definition) is 6. The summed E-state index contributed by atoms with van der Waals surface area (Å²) in [5, 5.41) is 10.9. The lowest BCUT2D eigenvalue weighted by Gasteiger charge is -2.34. The van der Waals surface area contributed by atoms with Crippen molar-refractivity contribution in [3.63, 3.8) is 0 Å². The lowest BCUT2D eigenvalue weighted by atomic mass is 10.3. The molecule has 0 spiro atoms. The molecule has 0 unspecified atom stereocenters. The molecule has 3 heterocycles. The van der Waals surface area contributed by atoms with E-state index >= 15 is 0 Å². The highest BCUT2D eigenvalue weighted by Crippen LogP contribution is 2.09. The average molecular weight is 386 g/mol. The Kier molecular flexibility index (Phi) is 7.60. The fraction of sp³-hybridized carbons (Fsp3) is 0.579. The third kappa shape index (κ3) is 5.91. The summed E-state index contributed by atoms with van der Waals surface area (Å²) < 4.78 is 1.85. The first-order chi connectivity index (χ1) is 13.8. The van der Waals surface area contributed by atoms with Crippen LogP contribution >= 0.6 is 0 Å². The molecule has 0 radical (unpaired) electrons. The van der Waals surface area contributed by atoms with Gasteiger partial charge in [0.05, 0.1) is 12.2 Å². The zero-order chi connectivity index (χ0) is 19.6. The maximum atomic E-state index is 4.64. The van der Waals surface area contributed by atoms with E-state index in [-0.39, 0.29) is 0 Å². The number of rotatable bonds is 8. The van der Waals surface area contributed by atoms with Crippen molar-refractivity contribution in [2.24, 2.45) is 12.0 Å². The van der Waals surface area contributed by atoms with E-state index in [1.165, 1.54) is 0 Å². The monoisotopic (exact) mass is 385 g/mol. The first-order valence-electron chi connectivity index (χ1n) is 9.99. The summed E-state index contributed by atoms with van der Waals surface area (Å²) in [4.78, 5) is 18.1. The molecule has 3 rings (SSSR count). The van der Waals surface area contributed by atoms with Crippen LogP contribution in [-0.2, 0) is 13.6 Å². The Morgan fingerprint density at radius 2 is 1.89 bits per heavy atom. The van der Waals surface area contributed by atoms with Crippen LogP contribution in [0.5, 0.6) is 0 Å². The number of aromatic nitrogens is 4. The molecule has 0 aromatic carbocycles. The molecular weight excluding hydrogens is 354 g/mol. The zero-order valence-corrected chi connectivity index (χ0v) is 16.9. The largest absolute Gasteiger partial charge is 0.357 e. The first-order valence-corrected chi connectivity index (χ1v) is 9.99. The average Bonchev–Trinajstić information content (AvgIpc) is 3.15. The van der Waals surface area contributed by atoms with Gasteiger partial charge in [0.15, 0.2) is 5.96 Å².